The van der Waals surface area contributed by atoms with E-state index in [1.165, 1.54) is 6.07 Å². The van der Waals surface area contributed by atoms with Gasteiger partial charge in [-0.25, -0.2) is 4.79 Å². The van der Waals surface area contributed by atoms with Gasteiger partial charge >= 0.3 is 5.63 Å². The zero-order valence-electron chi connectivity index (χ0n) is 6.70. The Morgan fingerprint density at radius 1 is 1.25 bits per heavy atom. The largest absolute Gasteiger partial charge is 0.422 e. The molecule has 0 aromatic heterocycles. The van der Waals surface area contributed by atoms with Gasteiger partial charge in [-0.2, -0.15) is 0 Å². The average molecular weight is 160 g/mol. The molecule has 2 heteroatoms. The Hall–Kier alpha value is -1.57. The first-order valence-corrected chi connectivity index (χ1v) is 3.77. The second-order valence-electron chi connectivity index (χ2n) is 2.75. The van der Waals surface area contributed by atoms with E-state index in [0.29, 0.717) is 5.76 Å². The minimum atomic E-state index is -0.278. The van der Waals surface area contributed by atoms with E-state index in [4.69, 9.17) is 4.42 Å². The minimum Gasteiger partial charge on any atom is -0.422 e. The summed E-state index contributed by atoms with van der Waals surface area (Å²) in [6, 6.07) is 9.11. The zero-order chi connectivity index (χ0) is 8.55. The molecule has 0 aromatic carbocycles. The molecule has 0 saturated carbocycles. The standard InChI is InChI=1S/C10H8O2/c1-7-4-2-3-5-8-6-9(11)12-10(7)8/h2-6H,1H3. The molecular formula is C10H8O2. The monoisotopic (exact) mass is 160 g/mol. The van der Waals surface area contributed by atoms with Crippen LogP contribution in [0.3, 0.4) is 0 Å². The second kappa shape index (κ2) is 2.48. The third-order valence-corrected chi connectivity index (χ3v) is 1.83. The molecule has 60 valence electrons. The van der Waals surface area contributed by atoms with Crippen LogP contribution in [0, 0.1) is 6.92 Å². The van der Waals surface area contributed by atoms with Gasteiger partial charge in [-0.3, -0.25) is 0 Å². The minimum absolute atomic E-state index is 0.278. The lowest BCUT2D eigenvalue weighted by Crippen LogP contribution is -1.84. The van der Waals surface area contributed by atoms with Gasteiger partial charge in [0.1, 0.15) is 5.76 Å². The lowest BCUT2D eigenvalue weighted by atomic mass is 10.2. The van der Waals surface area contributed by atoms with Crippen LogP contribution in [0.4, 0.5) is 0 Å². The van der Waals surface area contributed by atoms with Gasteiger partial charge in [0.05, 0.1) is 0 Å². The number of hydrogen-bond acceptors (Lipinski definition) is 2. The van der Waals surface area contributed by atoms with Gasteiger partial charge in [0, 0.05) is 11.6 Å². The Balaban J connectivity index is 2.87. The zero-order valence-corrected chi connectivity index (χ0v) is 6.70. The van der Waals surface area contributed by atoms with E-state index in [-0.39, 0.29) is 5.63 Å². The molecule has 0 amide bonds. The third-order valence-electron chi connectivity index (χ3n) is 1.83. The van der Waals surface area contributed by atoms with Crippen LogP contribution >= 0.6 is 0 Å². The summed E-state index contributed by atoms with van der Waals surface area (Å²) in [5.74, 6) is 0.685. The van der Waals surface area contributed by atoms with Crippen LogP contribution in [0.2, 0.25) is 0 Å². The maximum atomic E-state index is 10.9. The molecule has 2 nitrogen and oxygen atoms in total. The predicted octanol–water partition coefficient (Wildman–Crippen LogP) is 2.05. The molecule has 0 atom stereocenters. The predicted molar refractivity (Wildman–Crippen MR) is 46.3 cm³/mol. The topological polar surface area (TPSA) is 30.2 Å². The van der Waals surface area contributed by atoms with Crippen molar-refractivity contribution in [3.05, 3.63) is 46.3 Å². The van der Waals surface area contributed by atoms with Gasteiger partial charge in [-0.15, -0.1) is 0 Å². The summed E-state index contributed by atoms with van der Waals surface area (Å²) in [6.45, 7) is 1.92. The molecule has 0 radical (unpaired) electrons. The molecule has 1 aliphatic carbocycles. The maximum absolute atomic E-state index is 10.9. The Morgan fingerprint density at radius 3 is 2.83 bits per heavy atom. The second-order valence-corrected chi connectivity index (χ2v) is 2.75. The van der Waals surface area contributed by atoms with E-state index in [2.05, 4.69) is 0 Å². The van der Waals surface area contributed by atoms with E-state index in [1.54, 1.807) is 0 Å². The molecule has 0 spiro atoms. The highest BCUT2D eigenvalue weighted by molar-refractivity contribution is 5.61. The first-order valence-electron chi connectivity index (χ1n) is 3.77. The molecular weight excluding hydrogens is 152 g/mol. The van der Waals surface area contributed by atoms with Crippen LogP contribution in [-0.2, 0) is 0 Å². The molecule has 1 aliphatic heterocycles. The summed E-state index contributed by atoms with van der Waals surface area (Å²) in [6.07, 6.45) is 0. The third kappa shape index (κ3) is 1.01. The summed E-state index contributed by atoms with van der Waals surface area (Å²) < 4.78 is 5.00. The van der Waals surface area contributed by atoms with Crippen molar-refractivity contribution in [1.82, 2.24) is 0 Å². The number of hydrogen-bond donors (Lipinski definition) is 0. The molecule has 2 aliphatic rings. The molecule has 1 heterocycles. The number of furan rings is 1. The van der Waals surface area contributed by atoms with Gasteiger partial charge in [-0.1, -0.05) is 24.3 Å². The Kier molecular flexibility index (Phi) is 1.47. The van der Waals surface area contributed by atoms with Crippen molar-refractivity contribution >= 4 is 0 Å². The summed E-state index contributed by atoms with van der Waals surface area (Å²) in [5.41, 5.74) is 1.57. The molecule has 12 heavy (non-hydrogen) atoms. The summed E-state index contributed by atoms with van der Waals surface area (Å²) in [4.78, 5) is 10.9. The van der Waals surface area contributed by atoms with Gasteiger partial charge in [0.25, 0.3) is 0 Å². The van der Waals surface area contributed by atoms with E-state index in [1.807, 2.05) is 31.2 Å². The molecule has 0 aromatic rings. The lowest BCUT2D eigenvalue weighted by molar-refractivity contribution is 0.542. The van der Waals surface area contributed by atoms with Crippen LogP contribution in [0.25, 0.3) is 11.3 Å². The number of fused-ring (bicyclic) bond motifs is 1. The Bertz CT molecular complexity index is 428. The lowest BCUT2D eigenvalue weighted by Gasteiger charge is -1.90. The van der Waals surface area contributed by atoms with Crippen molar-refractivity contribution in [2.75, 3.05) is 0 Å². The van der Waals surface area contributed by atoms with Crippen LogP contribution in [-0.4, -0.2) is 0 Å². The first kappa shape index (κ1) is 7.10. The van der Waals surface area contributed by atoms with Crippen molar-refractivity contribution < 1.29 is 4.42 Å². The summed E-state index contributed by atoms with van der Waals surface area (Å²) in [5, 5.41) is 0. The van der Waals surface area contributed by atoms with Crippen LogP contribution < -0.4 is 5.63 Å². The van der Waals surface area contributed by atoms with E-state index >= 15 is 0 Å². The van der Waals surface area contributed by atoms with Crippen LogP contribution in [0.5, 0.6) is 0 Å². The highest BCUT2D eigenvalue weighted by Crippen LogP contribution is 2.21. The van der Waals surface area contributed by atoms with Crippen LogP contribution in [0.15, 0.2) is 39.5 Å². The van der Waals surface area contributed by atoms with Crippen LogP contribution in [0.1, 0.15) is 5.56 Å². The summed E-state index contributed by atoms with van der Waals surface area (Å²) >= 11 is 0. The fourth-order valence-corrected chi connectivity index (χ4v) is 1.25. The fourth-order valence-electron chi connectivity index (χ4n) is 1.25. The highest BCUT2D eigenvalue weighted by atomic mass is 16.4. The van der Waals surface area contributed by atoms with E-state index in [0.717, 1.165) is 11.1 Å². The number of aryl methyl sites for hydroxylation is 1. The molecule has 0 unspecified atom stereocenters. The van der Waals surface area contributed by atoms with Gasteiger partial charge in [-0.05, 0) is 12.5 Å². The molecule has 0 fully saturated rings. The average Bonchev–Trinajstić information content (AvgIpc) is 2.33. The Morgan fingerprint density at radius 2 is 2.00 bits per heavy atom. The van der Waals surface area contributed by atoms with E-state index < -0.39 is 0 Å². The van der Waals surface area contributed by atoms with Crippen molar-refractivity contribution in [2.45, 2.75) is 6.92 Å². The van der Waals surface area contributed by atoms with Crippen molar-refractivity contribution in [3.8, 4) is 11.3 Å². The van der Waals surface area contributed by atoms with Gasteiger partial charge in [0.15, 0.2) is 0 Å². The smallest absolute Gasteiger partial charge is 0.336 e. The normalized spacial score (nSPS) is 10.4. The molecule has 0 saturated heterocycles. The Labute approximate surface area is 69.8 Å². The molecule has 2 rings (SSSR count). The molecule has 0 bridgehead atoms. The highest BCUT2D eigenvalue weighted by Gasteiger charge is 2.07. The van der Waals surface area contributed by atoms with E-state index in [9.17, 15) is 4.79 Å². The van der Waals surface area contributed by atoms with Crippen molar-refractivity contribution in [3.63, 3.8) is 0 Å². The summed E-state index contributed by atoms with van der Waals surface area (Å²) in [7, 11) is 0. The fraction of sp³-hybridized carbons (Fsp3) is 0.100. The quantitative estimate of drug-likeness (QED) is 0.590. The number of rotatable bonds is 0. The maximum Gasteiger partial charge on any atom is 0.336 e. The van der Waals surface area contributed by atoms with Gasteiger partial charge < -0.3 is 4.42 Å². The van der Waals surface area contributed by atoms with Gasteiger partial charge in [0.2, 0.25) is 0 Å². The SMILES string of the molecule is Cc1ccccc2cc(=O)oc1-2. The van der Waals surface area contributed by atoms with Crippen molar-refractivity contribution in [2.24, 2.45) is 0 Å². The first-order chi connectivity index (χ1) is 5.77. The molecule has 0 N–H and O–H groups in total. The van der Waals surface area contributed by atoms with Crippen molar-refractivity contribution in [1.29, 1.82) is 0 Å².